The standard InChI is InChI=1S/C24H26N2O3S/c1-18-11-10-16-22(17-18)26(30(3,28)29)19(2)24(27)25-23(20-12-6-4-7-13-20)21-14-8-5-9-15-21/h4-17,19,23H,1-3H3,(H,25,27)/t19-/m0/s1. The van der Waals surface area contributed by atoms with Gasteiger partial charge in [-0.2, -0.15) is 0 Å². The highest BCUT2D eigenvalue weighted by atomic mass is 32.2. The second-order valence-corrected chi connectivity index (χ2v) is 9.20. The smallest absolute Gasteiger partial charge is 0.244 e. The predicted molar refractivity (Wildman–Crippen MR) is 121 cm³/mol. The maximum absolute atomic E-state index is 13.2. The number of anilines is 1. The lowest BCUT2D eigenvalue weighted by molar-refractivity contribution is -0.122. The highest BCUT2D eigenvalue weighted by molar-refractivity contribution is 7.92. The number of aryl methyl sites for hydroxylation is 1. The van der Waals surface area contributed by atoms with E-state index in [1.54, 1.807) is 25.1 Å². The van der Waals surface area contributed by atoms with Crippen molar-refractivity contribution in [2.24, 2.45) is 0 Å². The highest BCUT2D eigenvalue weighted by Crippen LogP contribution is 2.25. The Morgan fingerprint density at radius 3 is 1.87 bits per heavy atom. The van der Waals surface area contributed by atoms with Crippen LogP contribution in [-0.2, 0) is 14.8 Å². The summed E-state index contributed by atoms with van der Waals surface area (Å²) >= 11 is 0. The first-order valence-electron chi connectivity index (χ1n) is 9.73. The van der Waals surface area contributed by atoms with Crippen molar-refractivity contribution in [2.75, 3.05) is 10.6 Å². The number of amides is 1. The summed E-state index contributed by atoms with van der Waals surface area (Å²) in [6.07, 6.45) is 1.12. The van der Waals surface area contributed by atoms with Gasteiger partial charge in [0.05, 0.1) is 18.0 Å². The van der Waals surface area contributed by atoms with Crippen LogP contribution in [0.5, 0.6) is 0 Å². The third-order valence-electron chi connectivity index (χ3n) is 4.90. The van der Waals surface area contributed by atoms with Gasteiger partial charge in [-0.3, -0.25) is 9.10 Å². The summed E-state index contributed by atoms with van der Waals surface area (Å²) in [6.45, 7) is 3.49. The van der Waals surface area contributed by atoms with Crippen molar-refractivity contribution in [3.63, 3.8) is 0 Å². The normalized spacial score (nSPS) is 12.4. The van der Waals surface area contributed by atoms with Gasteiger partial charge in [-0.05, 0) is 42.7 Å². The van der Waals surface area contributed by atoms with E-state index in [4.69, 9.17) is 0 Å². The molecule has 0 aliphatic carbocycles. The average Bonchev–Trinajstić information content (AvgIpc) is 2.72. The van der Waals surface area contributed by atoms with Crippen molar-refractivity contribution < 1.29 is 13.2 Å². The fourth-order valence-corrected chi connectivity index (χ4v) is 4.65. The third-order valence-corrected chi connectivity index (χ3v) is 6.14. The van der Waals surface area contributed by atoms with Crippen LogP contribution in [0.1, 0.15) is 29.7 Å². The van der Waals surface area contributed by atoms with Crippen molar-refractivity contribution in [3.05, 3.63) is 102 Å². The van der Waals surface area contributed by atoms with Crippen LogP contribution in [0.3, 0.4) is 0 Å². The van der Waals surface area contributed by atoms with Crippen molar-refractivity contribution in [3.8, 4) is 0 Å². The minimum absolute atomic E-state index is 0.375. The van der Waals surface area contributed by atoms with Crippen molar-refractivity contribution in [2.45, 2.75) is 25.9 Å². The van der Waals surface area contributed by atoms with E-state index in [0.717, 1.165) is 22.9 Å². The molecule has 0 fully saturated rings. The molecule has 3 aromatic rings. The van der Waals surface area contributed by atoms with Gasteiger partial charge in [0.25, 0.3) is 0 Å². The Bertz CT molecular complexity index is 1060. The van der Waals surface area contributed by atoms with Crippen molar-refractivity contribution in [1.29, 1.82) is 0 Å². The van der Waals surface area contributed by atoms with Gasteiger partial charge in [0, 0.05) is 0 Å². The molecule has 1 N–H and O–H groups in total. The second kappa shape index (κ2) is 9.13. The van der Waals surface area contributed by atoms with Crippen LogP contribution in [0, 0.1) is 6.92 Å². The molecule has 1 amide bonds. The topological polar surface area (TPSA) is 66.5 Å². The molecule has 0 radical (unpaired) electrons. The van der Waals surface area contributed by atoms with Gasteiger partial charge in [0.15, 0.2) is 0 Å². The lowest BCUT2D eigenvalue weighted by Gasteiger charge is -2.30. The summed E-state index contributed by atoms with van der Waals surface area (Å²) in [5.74, 6) is -0.375. The number of hydrogen-bond donors (Lipinski definition) is 1. The number of benzene rings is 3. The Morgan fingerprint density at radius 1 is 0.867 bits per heavy atom. The fourth-order valence-electron chi connectivity index (χ4n) is 3.49. The summed E-state index contributed by atoms with van der Waals surface area (Å²) < 4.78 is 26.3. The zero-order valence-electron chi connectivity index (χ0n) is 17.3. The maximum Gasteiger partial charge on any atom is 0.244 e. The minimum Gasteiger partial charge on any atom is -0.343 e. The van der Waals surface area contributed by atoms with Crippen LogP contribution in [0.2, 0.25) is 0 Å². The lowest BCUT2D eigenvalue weighted by Crippen LogP contribution is -2.48. The zero-order chi connectivity index (χ0) is 21.7. The molecule has 30 heavy (non-hydrogen) atoms. The van der Waals surface area contributed by atoms with Gasteiger partial charge >= 0.3 is 0 Å². The molecule has 0 saturated heterocycles. The molecule has 0 bridgehead atoms. The highest BCUT2D eigenvalue weighted by Gasteiger charge is 2.30. The monoisotopic (exact) mass is 422 g/mol. The van der Waals surface area contributed by atoms with E-state index >= 15 is 0 Å². The Balaban J connectivity index is 1.94. The van der Waals surface area contributed by atoms with E-state index < -0.39 is 16.1 Å². The summed E-state index contributed by atoms with van der Waals surface area (Å²) in [5, 5.41) is 3.04. The van der Waals surface area contributed by atoms with E-state index in [0.29, 0.717) is 5.69 Å². The number of hydrogen-bond acceptors (Lipinski definition) is 3. The van der Waals surface area contributed by atoms with Crippen LogP contribution in [0.15, 0.2) is 84.9 Å². The fraction of sp³-hybridized carbons (Fsp3) is 0.208. The number of sulfonamides is 1. The van der Waals surface area contributed by atoms with Gasteiger partial charge in [-0.1, -0.05) is 72.8 Å². The lowest BCUT2D eigenvalue weighted by atomic mass is 9.98. The quantitative estimate of drug-likeness (QED) is 0.625. The molecule has 0 aliphatic heterocycles. The van der Waals surface area contributed by atoms with Gasteiger partial charge < -0.3 is 5.32 Å². The average molecular weight is 423 g/mol. The van der Waals surface area contributed by atoms with E-state index in [9.17, 15) is 13.2 Å². The van der Waals surface area contributed by atoms with E-state index in [1.807, 2.05) is 73.7 Å². The van der Waals surface area contributed by atoms with Crippen LogP contribution in [-0.4, -0.2) is 26.6 Å². The van der Waals surface area contributed by atoms with Crippen LogP contribution in [0.25, 0.3) is 0 Å². The number of rotatable bonds is 7. The molecule has 0 heterocycles. The third kappa shape index (κ3) is 5.07. The minimum atomic E-state index is -3.67. The molecule has 5 nitrogen and oxygen atoms in total. The second-order valence-electron chi connectivity index (χ2n) is 7.34. The first kappa shape index (κ1) is 21.6. The molecule has 0 spiro atoms. The zero-order valence-corrected chi connectivity index (χ0v) is 18.1. The van der Waals surface area contributed by atoms with Crippen LogP contribution in [0.4, 0.5) is 5.69 Å². The Hall–Kier alpha value is -3.12. The number of carbonyl (C=O) groups is 1. The molecular formula is C24H26N2O3S. The SMILES string of the molecule is Cc1cccc(N([C@@H](C)C(=O)NC(c2ccccc2)c2ccccc2)S(C)(=O)=O)c1. The van der Waals surface area contributed by atoms with E-state index in [1.165, 1.54) is 4.31 Å². The van der Waals surface area contributed by atoms with Crippen LogP contribution >= 0.6 is 0 Å². The Kier molecular flexibility index (Phi) is 6.57. The number of nitrogens with one attached hydrogen (secondary N) is 1. The van der Waals surface area contributed by atoms with Crippen LogP contribution < -0.4 is 9.62 Å². The largest absolute Gasteiger partial charge is 0.343 e. The molecule has 0 unspecified atom stereocenters. The Morgan fingerprint density at radius 2 is 1.40 bits per heavy atom. The van der Waals surface area contributed by atoms with Crippen molar-refractivity contribution in [1.82, 2.24) is 5.32 Å². The molecular weight excluding hydrogens is 396 g/mol. The summed E-state index contributed by atoms with van der Waals surface area (Å²) in [6, 6.07) is 25.1. The Labute approximate surface area is 178 Å². The van der Waals surface area contributed by atoms with Gasteiger partial charge in [0.2, 0.25) is 15.9 Å². The van der Waals surface area contributed by atoms with Gasteiger partial charge in [-0.15, -0.1) is 0 Å². The molecule has 0 saturated carbocycles. The molecule has 0 aromatic heterocycles. The van der Waals surface area contributed by atoms with E-state index in [-0.39, 0.29) is 11.9 Å². The van der Waals surface area contributed by atoms with E-state index in [2.05, 4.69) is 5.32 Å². The van der Waals surface area contributed by atoms with Gasteiger partial charge in [-0.25, -0.2) is 8.42 Å². The number of carbonyl (C=O) groups excluding carboxylic acids is 1. The molecule has 156 valence electrons. The van der Waals surface area contributed by atoms with Crippen molar-refractivity contribution >= 4 is 21.6 Å². The first-order valence-corrected chi connectivity index (χ1v) is 11.6. The predicted octanol–water partition coefficient (Wildman–Crippen LogP) is 4.06. The summed E-state index contributed by atoms with van der Waals surface area (Å²) in [5.41, 5.74) is 3.23. The number of nitrogens with zero attached hydrogens (tertiary/aromatic N) is 1. The molecule has 1 atom stereocenters. The first-order chi connectivity index (χ1) is 14.3. The molecule has 3 aromatic carbocycles. The maximum atomic E-state index is 13.2. The summed E-state index contributed by atoms with van der Waals surface area (Å²) in [7, 11) is -3.67. The molecule has 6 heteroatoms. The van der Waals surface area contributed by atoms with Gasteiger partial charge in [0.1, 0.15) is 6.04 Å². The molecule has 3 rings (SSSR count). The molecule has 0 aliphatic rings. The summed E-state index contributed by atoms with van der Waals surface area (Å²) in [4.78, 5) is 13.2.